The Morgan fingerprint density at radius 1 is 1.23 bits per heavy atom. The number of rotatable bonds is 5. The van der Waals surface area contributed by atoms with Crippen molar-refractivity contribution in [3.63, 3.8) is 0 Å². The lowest BCUT2D eigenvalue weighted by Crippen LogP contribution is -2.30. The molecule has 0 bridgehead atoms. The van der Waals surface area contributed by atoms with Gasteiger partial charge in [0, 0.05) is 18.1 Å². The van der Waals surface area contributed by atoms with Crippen molar-refractivity contribution in [2.75, 3.05) is 13.7 Å². The third kappa shape index (κ3) is 4.66. The molecule has 2 aromatic rings. The average molecular weight is 447 g/mol. The van der Waals surface area contributed by atoms with E-state index >= 15 is 0 Å². The van der Waals surface area contributed by atoms with Crippen LogP contribution < -0.4 is 0 Å². The van der Waals surface area contributed by atoms with E-state index in [1.165, 1.54) is 16.2 Å². The molecule has 0 aliphatic carbocycles. The molecule has 0 aliphatic rings. The highest BCUT2D eigenvalue weighted by molar-refractivity contribution is 9.13. The molecular weight excluding hydrogens is 434 g/mol. The van der Waals surface area contributed by atoms with E-state index in [0.29, 0.717) is 11.4 Å². The van der Waals surface area contributed by atoms with E-state index in [1.54, 1.807) is 13.1 Å². The topological polar surface area (TPSA) is 46.6 Å². The average Bonchev–Trinajstić information content (AvgIpc) is 2.85. The number of thiophene rings is 1. The lowest BCUT2D eigenvalue weighted by molar-refractivity contribution is -0.133. The minimum atomic E-state index is -0.502. The number of carbonyl (C=O) groups is 2. The van der Waals surface area contributed by atoms with Gasteiger partial charge >= 0.3 is 5.97 Å². The minimum Gasteiger partial charge on any atom is -0.451 e. The van der Waals surface area contributed by atoms with Crippen LogP contribution in [0, 0.1) is 0 Å². The Bertz CT molecular complexity index is 653. The number of halogens is 2. The number of nitrogens with zero attached hydrogens (tertiary/aromatic N) is 1. The number of carbonyl (C=O) groups excluding carboxylic acids is 2. The van der Waals surface area contributed by atoms with Gasteiger partial charge in [0.1, 0.15) is 4.88 Å². The van der Waals surface area contributed by atoms with Gasteiger partial charge in [0.25, 0.3) is 5.91 Å². The van der Waals surface area contributed by atoms with Crippen molar-refractivity contribution in [1.29, 1.82) is 0 Å². The van der Waals surface area contributed by atoms with E-state index in [0.717, 1.165) is 13.8 Å². The number of amides is 1. The summed E-state index contributed by atoms with van der Waals surface area (Å²) in [5, 5.41) is 0. The standard InChI is InChI=1S/C15H13Br2NO3S/c1-18(8-10-5-3-2-4-6-10)13(19)9-21-15(20)12-7-11(16)14(17)22-12/h2-7H,8-9H2,1H3. The maximum atomic E-state index is 12.0. The molecule has 4 nitrogen and oxygen atoms in total. The van der Waals surface area contributed by atoms with Gasteiger partial charge in [-0.15, -0.1) is 11.3 Å². The Labute approximate surface area is 149 Å². The predicted molar refractivity (Wildman–Crippen MR) is 92.9 cm³/mol. The van der Waals surface area contributed by atoms with Crippen LogP contribution in [0.25, 0.3) is 0 Å². The van der Waals surface area contributed by atoms with E-state index in [9.17, 15) is 9.59 Å². The molecule has 1 amide bonds. The summed E-state index contributed by atoms with van der Waals surface area (Å²) in [5.74, 6) is -0.746. The number of esters is 1. The summed E-state index contributed by atoms with van der Waals surface area (Å²) < 4.78 is 6.66. The fourth-order valence-corrected chi connectivity index (χ4v) is 3.63. The van der Waals surface area contributed by atoms with Crippen molar-refractivity contribution in [3.05, 3.63) is 55.1 Å². The van der Waals surface area contributed by atoms with Crippen LogP contribution in [0.1, 0.15) is 15.2 Å². The van der Waals surface area contributed by atoms with Crippen LogP contribution in [0.4, 0.5) is 0 Å². The highest BCUT2D eigenvalue weighted by Crippen LogP contribution is 2.32. The molecular formula is C15H13Br2NO3S. The lowest BCUT2D eigenvalue weighted by atomic mass is 10.2. The number of ether oxygens (including phenoxy) is 1. The molecule has 1 aromatic heterocycles. The van der Waals surface area contributed by atoms with Crippen LogP contribution in [0.15, 0.2) is 44.7 Å². The lowest BCUT2D eigenvalue weighted by Gasteiger charge is -2.17. The zero-order valence-electron chi connectivity index (χ0n) is 11.7. The second-order valence-electron chi connectivity index (χ2n) is 4.54. The van der Waals surface area contributed by atoms with Crippen LogP contribution in [-0.4, -0.2) is 30.4 Å². The predicted octanol–water partition coefficient (Wildman–Crippen LogP) is 4.09. The van der Waals surface area contributed by atoms with E-state index in [2.05, 4.69) is 31.9 Å². The highest BCUT2D eigenvalue weighted by Gasteiger charge is 2.16. The molecule has 0 aliphatic heterocycles. The molecule has 2 rings (SSSR count). The Morgan fingerprint density at radius 2 is 1.91 bits per heavy atom. The van der Waals surface area contributed by atoms with Crippen LogP contribution in [-0.2, 0) is 16.1 Å². The molecule has 7 heteroatoms. The number of hydrogen-bond acceptors (Lipinski definition) is 4. The molecule has 0 spiro atoms. The summed E-state index contributed by atoms with van der Waals surface area (Å²) in [5.41, 5.74) is 1.02. The van der Waals surface area contributed by atoms with Crippen LogP contribution in [0.3, 0.4) is 0 Å². The summed E-state index contributed by atoms with van der Waals surface area (Å²) >= 11 is 7.87. The molecule has 0 saturated carbocycles. The molecule has 1 heterocycles. The van der Waals surface area contributed by atoms with Gasteiger partial charge in [0.15, 0.2) is 6.61 Å². The molecule has 1 aromatic carbocycles. The SMILES string of the molecule is CN(Cc1ccccc1)C(=O)COC(=O)c1cc(Br)c(Br)s1. The van der Waals surface area contributed by atoms with Crippen molar-refractivity contribution in [3.8, 4) is 0 Å². The fraction of sp³-hybridized carbons (Fsp3) is 0.200. The number of hydrogen-bond donors (Lipinski definition) is 0. The fourth-order valence-electron chi connectivity index (χ4n) is 1.70. The molecule has 0 radical (unpaired) electrons. The molecule has 22 heavy (non-hydrogen) atoms. The molecule has 0 saturated heterocycles. The van der Waals surface area contributed by atoms with Crippen molar-refractivity contribution in [1.82, 2.24) is 4.90 Å². The zero-order chi connectivity index (χ0) is 16.1. The first-order valence-corrected chi connectivity index (χ1v) is 8.77. The number of likely N-dealkylation sites (N-methyl/N-ethyl adjacent to an activating group) is 1. The van der Waals surface area contributed by atoms with Crippen molar-refractivity contribution >= 4 is 55.1 Å². The zero-order valence-corrected chi connectivity index (χ0v) is 15.7. The summed E-state index contributed by atoms with van der Waals surface area (Å²) in [4.78, 5) is 25.8. The molecule has 0 fully saturated rings. The smallest absolute Gasteiger partial charge is 0.348 e. The second-order valence-corrected chi connectivity index (χ2v) is 7.77. The summed E-state index contributed by atoms with van der Waals surface area (Å²) in [6, 6.07) is 11.3. The summed E-state index contributed by atoms with van der Waals surface area (Å²) in [7, 11) is 1.68. The summed E-state index contributed by atoms with van der Waals surface area (Å²) in [6.07, 6.45) is 0. The second kappa shape index (κ2) is 7.89. The Kier molecular flexibility index (Phi) is 6.16. The molecule has 0 N–H and O–H groups in total. The molecule has 0 atom stereocenters. The molecule has 0 unspecified atom stereocenters. The van der Waals surface area contributed by atoms with E-state index in [1.807, 2.05) is 30.3 Å². The Hall–Kier alpha value is -1.18. The maximum Gasteiger partial charge on any atom is 0.348 e. The van der Waals surface area contributed by atoms with E-state index in [-0.39, 0.29) is 12.5 Å². The van der Waals surface area contributed by atoms with Crippen molar-refractivity contribution in [2.45, 2.75) is 6.54 Å². The quantitative estimate of drug-likeness (QED) is 0.650. The van der Waals surface area contributed by atoms with Gasteiger partial charge in [-0.2, -0.15) is 0 Å². The van der Waals surface area contributed by atoms with Gasteiger partial charge in [0.05, 0.1) is 3.79 Å². The largest absolute Gasteiger partial charge is 0.451 e. The van der Waals surface area contributed by atoms with Gasteiger partial charge in [-0.3, -0.25) is 4.79 Å². The van der Waals surface area contributed by atoms with Gasteiger partial charge in [0.2, 0.25) is 0 Å². The van der Waals surface area contributed by atoms with E-state index < -0.39 is 5.97 Å². The first-order chi connectivity index (χ1) is 10.5. The van der Waals surface area contributed by atoms with Crippen LogP contribution >= 0.6 is 43.2 Å². The van der Waals surface area contributed by atoms with Crippen LogP contribution in [0.2, 0.25) is 0 Å². The first kappa shape index (κ1) is 17.2. The van der Waals surface area contributed by atoms with E-state index in [4.69, 9.17) is 4.74 Å². The van der Waals surface area contributed by atoms with Crippen molar-refractivity contribution < 1.29 is 14.3 Å². The maximum absolute atomic E-state index is 12.0. The highest BCUT2D eigenvalue weighted by atomic mass is 79.9. The third-order valence-corrected chi connectivity index (χ3v) is 6.10. The Balaban J connectivity index is 1.85. The summed E-state index contributed by atoms with van der Waals surface area (Å²) in [6.45, 7) is 0.211. The first-order valence-electron chi connectivity index (χ1n) is 6.37. The molecule has 116 valence electrons. The van der Waals surface area contributed by atoms with Crippen LogP contribution in [0.5, 0.6) is 0 Å². The van der Waals surface area contributed by atoms with Gasteiger partial charge < -0.3 is 9.64 Å². The van der Waals surface area contributed by atoms with Gasteiger partial charge in [-0.25, -0.2) is 4.79 Å². The van der Waals surface area contributed by atoms with Gasteiger partial charge in [-0.1, -0.05) is 30.3 Å². The minimum absolute atomic E-state index is 0.244. The van der Waals surface area contributed by atoms with Gasteiger partial charge in [-0.05, 0) is 43.5 Å². The number of benzene rings is 1. The third-order valence-electron chi connectivity index (χ3n) is 2.86. The Morgan fingerprint density at radius 3 is 2.50 bits per heavy atom. The van der Waals surface area contributed by atoms with Crippen molar-refractivity contribution in [2.24, 2.45) is 0 Å². The monoisotopic (exact) mass is 445 g/mol. The normalized spacial score (nSPS) is 10.3.